The Labute approximate surface area is 139 Å². The van der Waals surface area contributed by atoms with Crippen LogP contribution in [-0.2, 0) is 4.74 Å². The van der Waals surface area contributed by atoms with Crippen LogP contribution in [0.5, 0.6) is 11.5 Å². The van der Waals surface area contributed by atoms with Gasteiger partial charge in [-0.15, -0.1) is 0 Å². The maximum Gasteiger partial charge on any atom is 0.344 e. The van der Waals surface area contributed by atoms with Gasteiger partial charge in [0.05, 0.1) is 23.1 Å². The molecule has 0 atom stereocenters. The number of hydrogen-bond acceptors (Lipinski definition) is 5. The number of ether oxygens (including phenoxy) is 2. The second-order valence-electron chi connectivity index (χ2n) is 4.23. The molecule has 0 saturated carbocycles. The predicted molar refractivity (Wildman–Crippen MR) is 80.9 cm³/mol. The molecule has 0 amide bonds. The van der Waals surface area contributed by atoms with Crippen molar-refractivity contribution in [1.29, 1.82) is 0 Å². The van der Waals surface area contributed by atoms with Crippen LogP contribution in [0.3, 0.4) is 0 Å². The van der Waals surface area contributed by atoms with Gasteiger partial charge in [0.25, 0.3) is 5.69 Å². The molecule has 0 radical (unpaired) electrons. The first kappa shape index (κ1) is 17.0. The van der Waals surface area contributed by atoms with E-state index in [2.05, 4.69) is 4.74 Å². The number of nitro benzene ring substituents is 1. The van der Waals surface area contributed by atoms with Crippen LogP contribution >= 0.6 is 23.2 Å². The van der Waals surface area contributed by atoms with E-state index in [1.54, 1.807) is 0 Å². The fraction of sp³-hybridized carbons (Fsp3) is 0.0714. The summed E-state index contributed by atoms with van der Waals surface area (Å²) >= 11 is 11.5. The molecule has 9 heteroatoms. The predicted octanol–water partition coefficient (Wildman–Crippen LogP) is 4.62. The van der Waals surface area contributed by atoms with Crippen molar-refractivity contribution in [3.8, 4) is 11.5 Å². The molecule has 2 aromatic carbocycles. The number of benzene rings is 2. The van der Waals surface area contributed by atoms with Crippen LogP contribution in [-0.4, -0.2) is 18.0 Å². The summed E-state index contributed by atoms with van der Waals surface area (Å²) in [4.78, 5) is 21.8. The molecule has 0 aliphatic carbocycles. The Morgan fingerprint density at radius 1 is 1.26 bits per heavy atom. The number of hydrogen-bond donors (Lipinski definition) is 0. The molecular formula is C14H8Cl2FNO5. The first-order valence-corrected chi connectivity index (χ1v) is 6.78. The van der Waals surface area contributed by atoms with Crippen molar-refractivity contribution < 1.29 is 23.6 Å². The second-order valence-corrected chi connectivity index (χ2v) is 5.07. The molecule has 0 spiro atoms. The normalized spacial score (nSPS) is 10.3. The van der Waals surface area contributed by atoms with E-state index >= 15 is 0 Å². The average Bonchev–Trinajstić information content (AvgIpc) is 2.49. The van der Waals surface area contributed by atoms with Gasteiger partial charge in [0.2, 0.25) is 0 Å². The molecule has 0 heterocycles. The van der Waals surface area contributed by atoms with Crippen molar-refractivity contribution in [2.45, 2.75) is 0 Å². The summed E-state index contributed by atoms with van der Waals surface area (Å²) in [5, 5.41) is 11.0. The van der Waals surface area contributed by atoms with Crippen molar-refractivity contribution in [2.75, 3.05) is 7.11 Å². The van der Waals surface area contributed by atoms with Crippen LogP contribution in [0.2, 0.25) is 10.0 Å². The third kappa shape index (κ3) is 3.69. The zero-order valence-corrected chi connectivity index (χ0v) is 13.0. The molecule has 0 fully saturated rings. The largest absolute Gasteiger partial charge is 0.465 e. The van der Waals surface area contributed by atoms with Crippen molar-refractivity contribution in [3.63, 3.8) is 0 Å². The fourth-order valence-corrected chi connectivity index (χ4v) is 2.26. The zero-order valence-electron chi connectivity index (χ0n) is 11.5. The summed E-state index contributed by atoms with van der Waals surface area (Å²) in [6.07, 6.45) is 0. The minimum absolute atomic E-state index is 0.0758. The van der Waals surface area contributed by atoms with Gasteiger partial charge < -0.3 is 9.47 Å². The Bertz CT molecular complexity index is 774. The number of esters is 1. The lowest BCUT2D eigenvalue weighted by atomic mass is 10.1. The highest BCUT2D eigenvalue weighted by Crippen LogP contribution is 2.36. The number of nitro groups is 1. The Morgan fingerprint density at radius 2 is 1.96 bits per heavy atom. The fourth-order valence-electron chi connectivity index (χ4n) is 1.75. The Kier molecular flexibility index (Phi) is 5.02. The molecule has 2 rings (SSSR count). The smallest absolute Gasteiger partial charge is 0.344 e. The summed E-state index contributed by atoms with van der Waals surface area (Å²) in [7, 11) is 1.10. The highest BCUT2D eigenvalue weighted by Gasteiger charge is 2.22. The second kappa shape index (κ2) is 6.80. The molecule has 120 valence electrons. The Balaban J connectivity index is 2.44. The van der Waals surface area contributed by atoms with Crippen LogP contribution in [0.4, 0.5) is 10.1 Å². The standard InChI is InChI=1S/C14H8Cl2FNO5/c1-22-14(19)9-3-2-8(6-12(9)18(20)21)23-13-10(16)4-7(15)5-11(13)17/h2-6H,1H3. The topological polar surface area (TPSA) is 78.7 Å². The van der Waals surface area contributed by atoms with E-state index in [0.29, 0.717) is 0 Å². The summed E-state index contributed by atoms with van der Waals surface area (Å²) in [5.74, 6) is -2.12. The van der Waals surface area contributed by atoms with Gasteiger partial charge in [-0.25, -0.2) is 9.18 Å². The molecule has 0 unspecified atom stereocenters. The van der Waals surface area contributed by atoms with Crippen molar-refractivity contribution >= 4 is 34.9 Å². The van der Waals surface area contributed by atoms with Gasteiger partial charge in [0.1, 0.15) is 11.3 Å². The van der Waals surface area contributed by atoms with Gasteiger partial charge in [0.15, 0.2) is 11.6 Å². The van der Waals surface area contributed by atoms with E-state index in [0.717, 1.165) is 25.3 Å². The van der Waals surface area contributed by atoms with Gasteiger partial charge in [-0.05, 0) is 24.3 Å². The molecule has 23 heavy (non-hydrogen) atoms. The lowest BCUT2D eigenvalue weighted by Gasteiger charge is -2.10. The lowest BCUT2D eigenvalue weighted by molar-refractivity contribution is -0.385. The zero-order chi connectivity index (χ0) is 17.1. The molecule has 0 aliphatic rings. The third-order valence-electron chi connectivity index (χ3n) is 2.75. The third-order valence-corrected chi connectivity index (χ3v) is 3.25. The van der Waals surface area contributed by atoms with Crippen molar-refractivity contribution in [3.05, 3.63) is 61.9 Å². The monoisotopic (exact) mass is 359 g/mol. The number of methoxy groups -OCH3 is 1. The summed E-state index contributed by atoms with van der Waals surface area (Å²) in [5.41, 5.74) is -0.799. The maximum atomic E-state index is 13.8. The summed E-state index contributed by atoms with van der Waals surface area (Å²) in [6, 6.07) is 5.61. The van der Waals surface area contributed by atoms with Crippen molar-refractivity contribution in [2.24, 2.45) is 0 Å². The van der Waals surface area contributed by atoms with Crippen LogP contribution in [0.15, 0.2) is 30.3 Å². The van der Waals surface area contributed by atoms with E-state index in [1.165, 1.54) is 12.1 Å². The molecule has 6 nitrogen and oxygen atoms in total. The van der Waals surface area contributed by atoms with E-state index < -0.39 is 22.4 Å². The first-order valence-electron chi connectivity index (χ1n) is 6.02. The van der Waals surface area contributed by atoms with Crippen LogP contribution < -0.4 is 4.74 Å². The molecule has 2 aromatic rings. The number of carbonyl (C=O) groups excluding carboxylic acids is 1. The van der Waals surface area contributed by atoms with Gasteiger partial charge in [-0.3, -0.25) is 10.1 Å². The highest BCUT2D eigenvalue weighted by molar-refractivity contribution is 6.35. The van der Waals surface area contributed by atoms with E-state index in [4.69, 9.17) is 27.9 Å². The molecular weight excluding hydrogens is 352 g/mol. The molecule has 0 saturated heterocycles. The SMILES string of the molecule is COC(=O)c1ccc(Oc2c(F)cc(Cl)cc2Cl)cc1[N+](=O)[O-]. The van der Waals surface area contributed by atoms with Crippen molar-refractivity contribution in [1.82, 2.24) is 0 Å². The Hall–Kier alpha value is -2.38. The van der Waals surface area contributed by atoms with E-state index in [9.17, 15) is 19.3 Å². The summed E-state index contributed by atoms with van der Waals surface area (Å²) in [6.45, 7) is 0. The van der Waals surface area contributed by atoms with Crippen LogP contribution in [0.1, 0.15) is 10.4 Å². The minimum Gasteiger partial charge on any atom is -0.465 e. The highest BCUT2D eigenvalue weighted by atomic mass is 35.5. The van der Waals surface area contributed by atoms with Crippen LogP contribution in [0.25, 0.3) is 0 Å². The quantitative estimate of drug-likeness (QED) is 0.452. The number of halogens is 3. The van der Waals surface area contributed by atoms with Gasteiger partial charge in [-0.2, -0.15) is 0 Å². The van der Waals surface area contributed by atoms with E-state index in [1.807, 2.05) is 0 Å². The van der Waals surface area contributed by atoms with Gasteiger partial charge in [0, 0.05) is 5.02 Å². The Morgan fingerprint density at radius 3 is 2.52 bits per heavy atom. The maximum absolute atomic E-state index is 13.8. The molecule has 0 aromatic heterocycles. The minimum atomic E-state index is -0.876. The van der Waals surface area contributed by atoms with Gasteiger partial charge in [-0.1, -0.05) is 23.2 Å². The van der Waals surface area contributed by atoms with Crippen LogP contribution in [0, 0.1) is 15.9 Å². The number of nitrogens with zero attached hydrogens (tertiary/aromatic N) is 1. The first-order chi connectivity index (χ1) is 10.8. The molecule has 0 aliphatic heterocycles. The lowest BCUT2D eigenvalue weighted by Crippen LogP contribution is -2.05. The number of rotatable bonds is 4. The molecule has 0 N–H and O–H groups in total. The van der Waals surface area contributed by atoms with Gasteiger partial charge >= 0.3 is 5.97 Å². The number of carbonyl (C=O) groups is 1. The summed E-state index contributed by atoms with van der Waals surface area (Å²) < 4.78 is 23.5. The van der Waals surface area contributed by atoms with E-state index in [-0.39, 0.29) is 27.1 Å². The molecule has 0 bridgehead atoms. The average molecular weight is 360 g/mol.